The normalized spacial score (nSPS) is 11.5. The molecule has 2 aromatic rings. The average molecular weight is 334 g/mol. The van der Waals surface area contributed by atoms with E-state index in [1.807, 2.05) is 36.0 Å². The number of aromatic nitrogens is 3. The third-order valence-electron chi connectivity index (χ3n) is 3.06. The van der Waals surface area contributed by atoms with Crippen LogP contribution in [0.1, 0.15) is 26.3 Å². The van der Waals surface area contributed by atoms with Gasteiger partial charge in [-0.05, 0) is 17.7 Å². The molecule has 0 saturated heterocycles. The molecule has 0 unspecified atom stereocenters. The van der Waals surface area contributed by atoms with Crippen molar-refractivity contribution in [2.24, 2.45) is 7.05 Å². The molecule has 0 aliphatic carbocycles. The molecule has 1 amide bonds. The molecule has 6 nitrogen and oxygen atoms in total. The fourth-order valence-corrected chi connectivity index (χ4v) is 2.68. The van der Waals surface area contributed by atoms with Gasteiger partial charge in [-0.25, -0.2) is 9.48 Å². The lowest BCUT2D eigenvalue weighted by Crippen LogP contribution is -2.29. The van der Waals surface area contributed by atoms with Crippen LogP contribution >= 0.6 is 11.8 Å². The predicted molar refractivity (Wildman–Crippen MR) is 93.6 cm³/mol. The Kier molecular flexibility index (Phi) is 5.30. The Hall–Kier alpha value is -2.02. The summed E-state index contributed by atoms with van der Waals surface area (Å²) < 4.78 is 2.66. The summed E-state index contributed by atoms with van der Waals surface area (Å²) in [5.74, 6) is 0.610. The van der Waals surface area contributed by atoms with E-state index in [4.69, 9.17) is 0 Å². The van der Waals surface area contributed by atoms with E-state index in [1.54, 1.807) is 7.05 Å². The Morgan fingerprint density at radius 3 is 2.70 bits per heavy atom. The molecule has 0 aliphatic heterocycles. The summed E-state index contributed by atoms with van der Waals surface area (Å²) in [6, 6.07) is 7.75. The lowest BCUT2D eigenvalue weighted by atomic mass is 10.2. The number of carbonyl (C=O) groups excluding carboxylic acids is 1. The van der Waals surface area contributed by atoms with Crippen molar-refractivity contribution in [2.45, 2.75) is 37.8 Å². The van der Waals surface area contributed by atoms with Gasteiger partial charge in [-0.1, -0.05) is 32.9 Å². The van der Waals surface area contributed by atoms with Crippen LogP contribution in [0, 0.1) is 0 Å². The molecule has 0 spiro atoms. The summed E-state index contributed by atoms with van der Waals surface area (Å²) in [5.41, 5.74) is 1.57. The first kappa shape index (κ1) is 17.3. The second kappa shape index (κ2) is 7.04. The zero-order valence-corrected chi connectivity index (χ0v) is 14.7. The van der Waals surface area contributed by atoms with Crippen molar-refractivity contribution in [2.75, 3.05) is 5.32 Å². The van der Waals surface area contributed by atoms with Gasteiger partial charge in [0.1, 0.15) is 12.9 Å². The molecule has 0 atom stereocenters. The monoisotopic (exact) mass is 334 g/mol. The fraction of sp³-hybridized carbons (Fsp3) is 0.438. The Labute approximate surface area is 139 Å². The standard InChI is InChI=1S/C16H22N4O2S/c1-16(2,3)23-10-12-6-5-7-13(8-12)18-14(21)9-20-15(22)19(4)11-17-20/h5-8,11H,9-10H2,1-4H3,(H,18,21). The first-order valence-corrected chi connectivity index (χ1v) is 8.34. The number of hydrogen-bond donors (Lipinski definition) is 1. The third-order valence-corrected chi connectivity index (χ3v) is 4.41. The van der Waals surface area contributed by atoms with Gasteiger partial charge in [-0.2, -0.15) is 16.9 Å². The van der Waals surface area contributed by atoms with E-state index in [9.17, 15) is 9.59 Å². The van der Waals surface area contributed by atoms with Crippen molar-refractivity contribution >= 4 is 23.4 Å². The highest BCUT2D eigenvalue weighted by Gasteiger charge is 2.11. The number of thioether (sulfide) groups is 1. The molecule has 0 aliphatic rings. The van der Waals surface area contributed by atoms with E-state index >= 15 is 0 Å². The maximum absolute atomic E-state index is 12.0. The number of amides is 1. The molecule has 124 valence electrons. The first-order valence-electron chi connectivity index (χ1n) is 7.36. The minimum absolute atomic E-state index is 0.0966. The minimum Gasteiger partial charge on any atom is -0.324 e. The topological polar surface area (TPSA) is 68.9 Å². The second-order valence-corrected chi connectivity index (χ2v) is 8.13. The van der Waals surface area contributed by atoms with Crippen LogP contribution in [-0.4, -0.2) is 25.0 Å². The SMILES string of the molecule is Cn1cnn(CC(=O)Nc2cccc(CSC(C)(C)C)c2)c1=O. The number of benzene rings is 1. The quantitative estimate of drug-likeness (QED) is 0.910. The zero-order valence-electron chi connectivity index (χ0n) is 13.9. The third kappa shape index (κ3) is 5.28. The summed E-state index contributed by atoms with van der Waals surface area (Å²) in [7, 11) is 1.60. The highest BCUT2D eigenvalue weighted by atomic mass is 32.2. The van der Waals surface area contributed by atoms with E-state index in [0.29, 0.717) is 0 Å². The molecule has 1 heterocycles. The summed E-state index contributed by atoms with van der Waals surface area (Å²) in [4.78, 5) is 23.7. The number of nitrogens with zero attached hydrogens (tertiary/aromatic N) is 3. The molecule has 1 aromatic heterocycles. The van der Waals surface area contributed by atoms with Crippen molar-refractivity contribution in [1.82, 2.24) is 14.3 Å². The van der Waals surface area contributed by atoms with Gasteiger partial charge in [0.05, 0.1) is 0 Å². The molecule has 7 heteroatoms. The van der Waals surface area contributed by atoms with Crippen molar-refractivity contribution < 1.29 is 4.79 Å². The van der Waals surface area contributed by atoms with Crippen LogP contribution in [0.5, 0.6) is 0 Å². The van der Waals surface area contributed by atoms with Crippen molar-refractivity contribution in [3.63, 3.8) is 0 Å². The molecule has 1 N–H and O–H groups in total. The van der Waals surface area contributed by atoms with Crippen molar-refractivity contribution in [3.05, 3.63) is 46.6 Å². The molecule has 23 heavy (non-hydrogen) atoms. The molecule has 0 bridgehead atoms. The van der Waals surface area contributed by atoms with Crippen molar-refractivity contribution in [3.8, 4) is 0 Å². The zero-order chi connectivity index (χ0) is 17.0. The van der Waals surface area contributed by atoms with Crippen LogP contribution in [0.2, 0.25) is 0 Å². The summed E-state index contributed by atoms with van der Waals surface area (Å²) in [6.45, 7) is 6.43. The van der Waals surface area contributed by atoms with Gasteiger partial charge < -0.3 is 5.32 Å². The van der Waals surface area contributed by atoms with Gasteiger partial charge >= 0.3 is 5.69 Å². The lowest BCUT2D eigenvalue weighted by molar-refractivity contribution is -0.117. The molecule has 0 radical (unpaired) electrons. The van der Waals surface area contributed by atoms with Gasteiger partial charge in [0.15, 0.2) is 0 Å². The van der Waals surface area contributed by atoms with Crippen molar-refractivity contribution in [1.29, 1.82) is 0 Å². The van der Waals surface area contributed by atoms with Gasteiger partial charge in [0.25, 0.3) is 0 Å². The molecule has 0 fully saturated rings. The molecule has 1 aromatic carbocycles. The number of hydrogen-bond acceptors (Lipinski definition) is 4. The van der Waals surface area contributed by atoms with E-state index in [1.165, 1.54) is 10.9 Å². The van der Waals surface area contributed by atoms with Gasteiger partial charge in [0.2, 0.25) is 5.91 Å². The molecular formula is C16H22N4O2S. The molecule has 0 saturated carbocycles. The number of anilines is 1. The predicted octanol–water partition coefficient (Wildman–Crippen LogP) is 2.25. The number of nitrogens with one attached hydrogen (secondary N) is 1. The smallest absolute Gasteiger partial charge is 0.324 e. The minimum atomic E-state index is -0.310. The van der Waals surface area contributed by atoms with E-state index in [-0.39, 0.29) is 22.9 Å². The Balaban J connectivity index is 1.98. The maximum Gasteiger partial charge on any atom is 0.345 e. The Morgan fingerprint density at radius 1 is 1.35 bits per heavy atom. The summed E-state index contributed by atoms with van der Waals surface area (Å²) in [6.07, 6.45) is 1.39. The Bertz CT molecular complexity index is 743. The van der Waals surface area contributed by atoms with Gasteiger partial charge in [-0.3, -0.25) is 9.36 Å². The van der Waals surface area contributed by atoms with Crippen LogP contribution in [0.25, 0.3) is 0 Å². The lowest BCUT2D eigenvalue weighted by Gasteiger charge is -2.17. The largest absolute Gasteiger partial charge is 0.345 e. The van der Waals surface area contributed by atoms with Gasteiger partial charge in [-0.15, -0.1) is 0 Å². The number of carbonyl (C=O) groups is 1. The van der Waals surface area contributed by atoms with Crippen LogP contribution in [0.4, 0.5) is 5.69 Å². The van der Waals surface area contributed by atoms with Crippen LogP contribution in [0.3, 0.4) is 0 Å². The van der Waals surface area contributed by atoms with E-state index in [2.05, 4.69) is 31.2 Å². The highest BCUT2D eigenvalue weighted by molar-refractivity contribution is 7.99. The number of aryl methyl sites for hydroxylation is 1. The second-order valence-electron chi connectivity index (χ2n) is 6.33. The first-order chi connectivity index (χ1) is 10.7. The maximum atomic E-state index is 12.0. The average Bonchev–Trinajstić information content (AvgIpc) is 2.77. The summed E-state index contributed by atoms with van der Waals surface area (Å²) in [5, 5.41) is 6.68. The highest BCUT2D eigenvalue weighted by Crippen LogP contribution is 2.27. The van der Waals surface area contributed by atoms with Gasteiger partial charge in [0, 0.05) is 23.2 Å². The molecule has 2 rings (SSSR count). The molecular weight excluding hydrogens is 312 g/mol. The van der Waals surface area contributed by atoms with Crippen LogP contribution in [-0.2, 0) is 24.1 Å². The van der Waals surface area contributed by atoms with E-state index in [0.717, 1.165) is 21.7 Å². The summed E-state index contributed by atoms with van der Waals surface area (Å²) >= 11 is 1.85. The fourth-order valence-electron chi connectivity index (χ4n) is 1.90. The van der Waals surface area contributed by atoms with Crippen LogP contribution < -0.4 is 11.0 Å². The Morgan fingerprint density at radius 2 is 2.09 bits per heavy atom. The van der Waals surface area contributed by atoms with Crippen LogP contribution in [0.15, 0.2) is 35.4 Å². The number of rotatable bonds is 5. The van der Waals surface area contributed by atoms with E-state index < -0.39 is 0 Å².